The zero-order chi connectivity index (χ0) is 16.4. The minimum atomic E-state index is -0.235. The van der Waals surface area contributed by atoms with Gasteiger partial charge in [0.1, 0.15) is 17.3 Å². The normalized spacial score (nSPS) is 19.7. The number of nitrogens with zero attached hydrogens (tertiary/aromatic N) is 4. The Hall–Kier alpha value is -2.08. The van der Waals surface area contributed by atoms with Crippen LogP contribution >= 0.6 is 0 Å². The minimum Gasteiger partial charge on any atom is -0.364 e. The first-order chi connectivity index (χ1) is 11.0. The Morgan fingerprint density at radius 1 is 1.26 bits per heavy atom. The molecule has 0 saturated carbocycles. The monoisotopic (exact) mass is 315 g/mol. The molecular weight excluding hydrogens is 293 g/mol. The highest BCUT2D eigenvalue weighted by atomic mass is 19.1. The molecule has 23 heavy (non-hydrogen) atoms. The van der Waals surface area contributed by atoms with Crippen LogP contribution in [0.3, 0.4) is 0 Å². The van der Waals surface area contributed by atoms with Gasteiger partial charge in [0.2, 0.25) is 0 Å². The molecule has 6 heteroatoms. The van der Waals surface area contributed by atoms with Gasteiger partial charge in [0.05, 0.1) is 0 Å². The number of aryl methyl sites for hydroxylation is 1. The lowest BCUT2D eigenvalue weighted by atomic mass is 9.97. The third kappa shape index (κ3) is 3.64. The van der Waals surface area contributed by atoms with Crippen molar-refractivity contribution in [2.75, 3.05) is 25.5 Å². The van der Waals surface area contributed by atoms with Gasteiger partial charge in [0.25, 0.3) is 0 Å². The molecule has 0 radical (unpaired) electrons. The molecule has 5 nitrogen and oxygen atoms in total. The van der Waals surface area contributed by atoms with E-state index in [0.717, 1.165) is 36.6 Å². The highest BCUT2D eigenvalue weighted by molar-refractivity contribution is 5.46. The Kier molecular flexibility index (Phi) is 4.52. The van der Waals surface area contributed by atoms with Gasteiger partial charge in [-0.25, -0.2) is 9.37 Å². The molecule has 2 aromatic rings. The van der Waals surface area contributed by atoms with Gasteiger partial charge >= 0.3 is 0 Å². The van der Waals surface area contributed by atoms with Crippen molar-refractivity contribution >= 4 is 5.82 Å². The lowest BCUT2D eigenvalue weighted by molar-refractivity contribution is 0.414. The van der Waals surface area contributed by atoms with Gasteiger partial charge in [-0.05, 0) is 44.6 Å². The highest BCUT2D eigenvalue weighted by Crippen LogP contribution is 2.28. The topological polar surface area (TPSA) is 53.9 Å². The molecule has 1 aromatic heterocycles. The molecule has 1 N–H and O–H groups in total. The summed E-state index contributed by atoms with van der Waals surface area (Å²) in [5.41, 5.74) is 1.80. The van der Waals surface area contributed by atoms with Gasteiger partial charge in [0, 0.05) is 18.5 Å². The van der Waals surface area contributed by atoms with E-state index < -0.39 is 0 Å². The van der Waals surface area contributed by atoms with Gasteiger partial charge in [0.15, 0.2) is 5.82 Å². The molecule has 122 valence electrons. The maximum absolute atomic E-state index is 13.1. The van der Waals surface area contributed by atoms with Gasteiger partial charge in [-0.15, -0.1) is 10.2 Å². The Morgan fingerprint density at radius 3 is 2.65 bits per heavy atom. The van der Waals surface area contributed by atoms with Crippen molar-refractivity contribution in [1.29, 1.82) is 0 Å². The number of benzene rings is 1. The summed E-state index contributed by atoms with van der Waals surface area (Å²) in [6, 6.07) is 6.89. The molecule has 1 aliphatic rings. The zero-order valence-corrected chi connectivity index (χ0v) is 13.8. The van der Waals surface area contributed by atoms with E-state index in [2.05, 4.69) is 32.4 Å². The van der Waals surface area contributed by atoms with E-state index in [9.17, 15) is 4.39 Å². The Bertz CT molecular complexity index is 673. The van der Waals surface area contributed by atoms with Crippen molar-refractivity contribution in [2.24, 2.45) is 0 Å². The first-order valence-electron chi connectivity index (χ1n) is 7.94. The van der Waals surface area contributed by atoms with Gasteiger partial charge < -0.3 is 10.2 Å². The third-order valence-electron chi connectivity index (χ3n) is 4.33. The predicted molar refractivity (Wildman–Crippen MR) is 88.0 cm³/mol. The van der Waals surface area contributed by atoms with Gasteiger partial charge in [-0.2, -0.15) is 0 Å². The van der Waals surface area contributed by atoms with Crippen molar-refractivity contribution in [3.8, 4) is 0 Å². The summed E-state index contributed by atoms with van der Waals surface area (Å²) in [7, 11) is 2.12. The van der Waals surface area contributed by atoms with Crippen LogP contribution in [0.1, 0.15) is 36.3 Å². The summed E-state index contributed by atoms with van der Waals surface area (Å²) < 4.78 is 13.1. The van der Waals surface area contributed by atoms with E-state index in [4.69, 9.17) is 0 Å². The largest absolute Gasteiger partial charge is 0.364 e. The second-order valence-electron chi connectivity index (χ2n) is 6.26. The van der Waals surface area contributed by atoms with Gasteiger partial charge in [-0.3, -0.25) is 0 Å². The van der Waals surface area contributed by atoms with E-state index in [1.807, 2.05) is 13.8 Å². The van der Waals surface area contributed by atoms with Crippen LogP contribution in [-0.2, 0) is 0 Å². The van der Waals surface area contributed by atoms with E-state index in [-0.39, 0.29) is 11.7 Å². The lowest BCUT2D eigenvalue weighted by Crippen LogP contribution is -2.25. The molecule has 0 amide bonds. The average Bonchev–Trinajstić information content (AvgIpc) is 2.93. The third-order valence-corrected chi connectivity index (χ3v) is 4.33. The number of likely N-dealkylation sites (tertiary alicyclic amines) is 1. The van der Waals surface area contributed by atoms with E-state index >= 15 is 0 Å². The number of halogens is 1. The maximum Gasteiger partial charge on any atom is 0.152 e. The predicted octanol–water partition coefficient (Wildman–Crippen LogP) is 2.59. The molecule has 2 heterocycles. The van der Waals surface area contributed by atoms with Crippen LogP contribution in [0.5, 0.6) is 0 Å². The van der Waals surface area contributed by atoms with Crippen LogP contribution in [0.4, 0.5) is 10.2 Å². The number of aromatic nitrogens is 3. The van der Waals surface area contributed by atoms with Crippen LogP contribution in [0.15, 0.2) is 24.3 Å². The summed E-state index contributed by atoms with van der Waals surface area (Å²) in [4.78, 5) is 6.84. The van der Waals surface area contributed by atoms with Crippen LogP contribution in [-0.4, -0.2) is 46.3 Å². The molecule has 0 aliphatic carbocycles. The van der Waals surface area contributed by atoms with Crippen molar-refractivity contribution in [1.82, 2.24) is 20.1 Å². The number of hydrogen-bond acceptors (Lipinski definition) is 5. The number of hydrogen-bond donors (Lipinski definition) is 1. The summed E-state index contributed by atoms with van der Waals surface area (Å²) in [5, 5.41) is 12.0. The number of rotatable bonds is 4. The van der Waals surface area contributed by atoms with Crippen molar-refractivity contribution in [2.45, 2.75) is 32.2 Å². The summed E-state index contributed by atoms with van der Waals surface area (Å²) in [6.45, 7) is 5.96. The van der Waals surface area contributed by atoms with Gasteiger partial charge in [-0.1, -0.05) is 19.1 Å². The highest BCUT2D eigenvalue weighted by Gasteiger charge is 2.23. The molecule has 0 unspecified atom stereocenters. The first-order valence-corrected chi connectivity index (χ1v) is 7.94. The fraction of sp³-hybridized carbons (Fsp3) is 0.471. The van der Waals surface area contributed by atoms with E-state index in [1.54, 1.807) is 12.1 Å². The summed E-state index contributed by atoms with van der Waals surface area (Å²) in [5.74, 6) is 1.20. The van der Waals surface area contributed by atoms with Crippen LogP contribution in [0.25, 0.3) is 0 Å². The molecule has 1 fully saturated rings. The smallest absolute Gasteiger partial charge is 0.152 e. The minimum absolute atomic E-state index is 0.00201. The number of nitrogens with one attached hydrogen (secondary N) is 1. The van der Waals surface area contributed by atoms with E-state index in [0.29, 0.717) is 11.9 Å². The Balaban J connectivity index is 1.87. The quantitative estimate of drug-likeness (QED) is 0.940. The summed E-state index contributed by atoms with van der Waals surface area (Å²) in [6.07, 6.45) is 1.09. The SMILES string of the molecule is Cc1nnc([C@@H](C)c2ccc(F)cc2)c(N[C@@H]2CCN(C)C2)n1. The van der Waals surface area contributed by atoms with Crippen LogP contribution < -0.4 is 5.32 Å². The lowest BCUT2D eigenvalue weighted by Gasteiger charge is -2.19. The first kappa shape index (κ1) is 15.8. The fourth-order valence-electron chi connectivity index (χ4n) is 2.97. The average molecular weight is 315 g/mol. The molecule has 1 aromatic carbocycles. The van der Waals surface area contributed by atoms with Crippen molar-refractivity contribution in [3.63, 3.8) is 0 Å². The van der Waals surface area contributed by atoms with Crippen LogP contribution in [0.2, 0.25) is 0 Å². The molecule has 3 rings (SSSR count). The van der Waals surface area contributed by atoms with Crippen LogP contribution in [0, 0.1) is 12.7 Å². The second-order valence-corrected chi connectivity index (χ2v) is 6.26. The fourth-order valence-corrected chi connectivity index (χ4v) is 2.97. The molecule has 2 atom stereocenters. The maximum atomic E-state index is 13.1. The molecule has 0 bridgehead atoms. The number of likely N-dealkylation sites (N-methyl/N-ethyl adjacent to an activating group) is 1. The Morgan fingerprint density at radius 2 is 2.00 bits per heavy atom. The second kappa shape index (κ2) is 6.58. The summed E-state index contributed by atoms with van der Waals surface area (Å²) >= 11 is 0. The molecule has 1 saturated heterocycles. The van der Waals surface area contributed by atoms with Crippen molar-refractivity contribution < 1.29 is 4.39 Å². The Labute approximate surface area is 136 Å². The van der Waals surface area contributed by atoms with E-state index in [1.165, 1.54) is 12.1 Å². The molecule has 1 aliphatic heterocycles. The molecular formula is C17H22FN5. The van der Waals surface area contributed by atoms with Crippen molar-refractivity contribution in [3.05, 3.63) is 47.2 Å². The number of anilines is 1. The zero-order valence-electron chi connectivity index (χ0n) is 13.8. The standard InChI is InChI=1S/C17H22FN5/c1-11(13-4-6-14(18)7-5-13)16-17(19-12(2)21-22-16)20-15-8-9-23(3)10-15/h4-7,11,15H,8-10H2,1-3H3,(H,19,20,21)/t11-,15+/m0/s1. The molecule has 0 spiro atoms.